The van der Waals surface area contributed by atoms with Crippen LogP contribution >= 0.6 is 0 Å². The highest BCUT2D eigenvalue weighted by atomic mass is 19.1. The third kappa shape index (κ3) is 3.02. The lowest BCUT2D eigenvalue weighted by Gasteiger charge is -2.05. The number of nitrogens with zero attached hydrogens (tertiary/aromatic N) is 2. The smallest absolute Gasteiger partial charge is 0.152 e. The maximum Gasteiger partial charge on any atom is 0.152 e. The fraction of sp³-hybridized carbons (Fsp3) is 0.0625. The average molecular weight is 283 g/mol. The molecule has 0 aliphatic rings. The highest BCUT2D eigenvalue weighted by Crippen LogP contribution is 2.19. The molecule has 1 aromatic heterocycles. The van der Waals surface area contributed by atoms with Gasteiger partial charge in [-0.25, -0.2) is 9.07 Å². The summed E-state index contributed by atoms with van der Waals surface area (Å²) in [5, 5.41) is 7.60. The summed E-state index contributed by atoms with van der Waals surface area (Å²) in [6.45, 7) is 0. The van der Waals surface area contributed by atoms with E-state index in [0.717, 1.165) is 17.1 Å². The van der Waals surface area contributed by atoms with Gasteiger partial charge in [0.1, 0.15) is 11.6 Å². The molecule has 0 aliphatic heterocycles. The number of halogens is 1. The predicted molar refractivity (Wildman–Crippen MR) is 79.8 cm³/mol. The summed E-state index contributed by atoms with van der Waals surface area (Å²) in [7, 11) is 1.63. The van der Waals surface area contributed by atoms with Gasteiger partial charge in [0.25, 0.3) is 0 Å². The van der Waals surface area contributed by atoms with Gasteiger partial charge in [-0.05, 0) is 48.5 Å². The van der Waals surface area contributed by atoms with Gasteiger partial charge in [0, 0.05) is 18.0 Å². The minimum Gasteiger partial charge on any atom is -0.497 e. The zero-order valence-corrected chi connectivity index (χ0v) is 11.5. The van der Waals surface area contributed by atoms with Gasteiger partial charge in [0.05, 0.1) is 12.8 Å². The molecular weight excluding hydrogens is 269 g/mol. The van der Waals surface area contributed by atoms with Crippen LogP contribution in [0.2, 0.25) is 0 Å². The first kappa shape index (κ1) is 13.2. The molecule has 0 spiro atoms. The van der Waals surface area contributed by atoms with Crippen molar-refractivity contribution in [1.29, 1.82) is 0 Å². The van der Waals surface area contributed by atoms with Crippen molar-refractivity contribution >= 4 is 11.5 Å². The number of methoxy groups -OCH3 is 1. The van der Waals surface area contributed by atoms with E-state index in [1.54, 1.807) is 23.9 Å². The molecule has 3 rings (SSSR count). The third-order valence-electron chi connectivity index (χ3n) is 3.04. The minimum atomic E-state index is -0.262. The van der Waals surface area contributed by atoms with Crippen molar-refractivity contribution in [2.24, 2.45) is 0 Å². The maximum absolute atomic E-state index is 12.9. The van der Waals surface area contributed by atoms with E-state index in [-0.39, 0.29) is 5.82 Å². The van der Waals surface area contributed by atoms with Crippen molar-refractivity contribution in [3.05, 3.63) is 66.6 Å². The van der Waals surface area contributed by atoms with Crippen LogP contribution in [0.3, 0.4) is 0 Å². The molecule has 0 saturated heterocycles. The van der Waals surface area contributed by atoms with E-state index in [9.17, 15) is 4.39 Å². The number of ether oxygens (including phenoxy) is 1. The van der Waals surface area contributed by atoms with Crippen LogP contribution in [0.4, 0.5) is 15.9 Å². The molecule has 0 aliphatic carbocycles. The van der Waals surface area contributed by atoms with Crippen molar-refractivity contribution in [3.63, 3.8) is 0 Å². The Labute approximate surface area is 121 Å². The van der Waals surface area contributed by atoms with Crippen molar-refractivity contribution in [3.8, 4) is 11.4 Å². The monoisotopic (exact) mass is 283 g/mol. The van der Waals surface area contributed by atoms with E-state index < -0.39 is 0 Å². The lowest BCUT2D eigenvalue weighted by atomic mass is 10.3. The first-order chi connectivity index (χ1) is 10.2. The average Bonchev–Trinajstić information content (AvgIpc) is 2.97. The Kier molecular flexibility index (Phi) is 3.55. The third-order valence-corrected chi connectivity index (χ3v) is 3.04. The predicted octanol–water partition coefficient (Wildman–Crippen LogP) is 3.76. The van der Waals surface area contributed by atoms with E-state index in [0.29, 0.717) is 5.82 Å². The fourth-order valence-electron chi connectivity index (χ4n) is 1.95. The van der Waals surface area contributed by atoms with Crippen molar-refractivity contribution in [2.75, 3.05) is 12.4 Å². The Morgan fingerprint density at radius 1 is 1.00 bits per heavy atom. The van der Waals surface area contributed by atoms with Gasteiger partial charge in [-0.2, -0.15) is 5.10 Å². The first-order valence-corrected chi connectivity index (χ1v) is 6.47. The number of rotatable bonds is 4. The van der Waals surface area contributed by atoms with Crippen LogP contribution in [0, 0.1) is 5.82 Å². The first-order valence-electron chi connectivity index (χ1n) is 6.47. The molecule has 106 valence electrons. The van der Waals surface area contributed by atoms with Gasteiger partial charge >= 0.3 is 0 Å². The number of benzene rings is 2. The molecule has 0 bridgehead atoms. The van der Waals surface area contributed by atoms with Crippen LogP contribution in [-0.2, 0) is 0 Å². The van der Waals surface area contributed by atoms with Crippen LogP contribution in [0.15, 0.2) is 60.8 Å². The van der Waals surface area contributed by atoms with Crippen LogP contribution < -0.4 is 10.1 Å². The number of hydrogen-bond donors (Lipinski definition) is 1. The number of hydrogen-bond acceptors (Lipinski definition) is 3. The maximum atomic E-state index is 12.9. The summed E-state index contributed by atoms with van der Waals surface area (Å²) >= 11 is 0. The summed E-state index contributed by atoms with van der Waals surface area (Å²) in [6, 6.07) is 15.6. The zero-order valence-electron chi connectivity index (χ0n) is 11.5. The highest BCUT2D eigenvalue weighted by molar-refractivity contribution is 5.57. The van der Waals surface area contributed by atoms with Gasteiger partial charge in [-0.1, -0.05) is 0 Å². The molecule has 1 N–H and O–H groups in total. The van der Waals surface area contributed by atoms with Crippen LogP contribution in [0.5, 0.6) is 5.75 Å². The summed E-state index contributed by atoms with van der Waals surface area (Å²) in [6.07, 6.45) is 1.82. The molecule has 4 nitrogen and oxygen atoms in total. The van der Waals surface area contributed by atoms with Crippen LogP contribution in [0.1, 0.15) is 0 Å². The van der Waals surface area contributed by atoms with Crippen LogP contribution in [0.25, 0.3) is 5.69 Å². The molecule has 0 fully saturated rings. The number of anilines is 2. The van der Waals surface area contributed by atoms with Gasteiger partial charge in [0.2, 0.25) is 0 Å². The molecule has 0 amide bonds. The molecule has 5 heteroatoms. The normalized spacial score (nSPS) is 10.4. The molecule has 0 saturated carbocycles. The molecule has 21 heavy (non-hydrogen) atoms. The van der Waals surface area contributed by atoms with E-state index in [2.05, 4.69) is 10.4 Å². The van der Waals surface area contributed by atoms with E-state index in [1.165, 1.54) is 12.1 Å². The second-order valence-electron chi connectivity index (χ2n) is 4.48. The summed E-state index contributed by atoms with van der Waals surface area (Å²) in [4.78, 5) is 0. The zero-order chi connectivity index (χ0) is 14.7. The number of nitrogens with one attached hydrogen (secondary N) is 1. The Morgan fingerprint density at radius 3 is 2.38 bits per heavy atom. The van der Waals surface area contributed by atoms with Crippen LogP contribution in [-0.4, -0.2) is 16.9 Å². The van der Waals surface area contributed by atoms with E-state index in [4.69, 9.17) is 4.74 Å². The molecule has 1 heterocycles. The minimum absolute atomic E-state index is 0.262. The topological polar surface area (TPSA) is 39.1 Å². The Morgan fingerprint density at radius 2 is 1.71 bits per heavy atom. The standard InChI is InChI=1S/C16H14FN3O/c1-21-15-8-4-13(5-9-15)18-16-10-11-20(19-16)14-6-2-12(17)3-7-14/h2-11H,1H3,(H,18,19). The van der Waals surface area contributed by atoms with Gasteiger partial charge in [-0.3, -0.25) is 0 Å². The fourth-order valence-corrected chi connectivity index (χ4v) is 1.95. The molecule has 2 aromatic carbocycles. The summed E-state index contributed by atoms with van der Waals surface area (Å²) < 4.78 is 19.7. The summed E-state index contributed by atoms with van der Waals surface area (Å²) in [5.41, 5.74) is 1.72. The molecule has 3 aromatic rings. The number of aromatic nitrogens is 2. The van der Waals surface area contributed by atoms with Crippen molar-refractivity contribution in [1.82, 2.24) is 9.78 Å². The quantitative estimate of drug-likeness (QED) is 0.792. The Bertz CT molecular complexity index is 720. The molecule has 0 unspecified atom stereocenters. The molecular formula is C16H14FN3O. The van der Waals surface area contributed by atoms with Gasteiger partial charge < -0.3 is 10.1 Å². The van der Waals surface area contributed by atoms with Crippen molar-refractivity contribution in [2.45, 2.75) is 0 Å². The second kappa shape index (κ2) is 5.66. The van der Waals surface area contributed by atoms with Gasteiger partial charge in [0.15, 0.2) is 5.82 Å². The van der Waals surface area contributed by atoms with Gasteiger partial charge in [-0.15, -0.1) is 0 Å². The Balaban J connectivity index is 1.76. The van der Waals surface area contributed by atoms with Crippen molar-refractivity contribution < 1.29 is 9.13 Å². The lowest BCUT2D eigenvalue weighted by Crippen LogP contribution is -1.97. The van der Waals surface area contributed by atoms with E-state index in [1.807, 2.05) is 36.5 Å². The highest BCUT2D eigenvalue weighted by Gasteiger charge is 2.02. The van der Waals surface area contributed by atoms with E-state index >= 15 is 0 Å². The SMILES string of the molecule is COc1ccc(Nc2ccn(-c3ccc(F)cc3)n2)cc1. The summed E-state index contributed by atoms with van der Waals surface area (Å²) in [5.74, 6) is 1.25. The largest absolute Gasteiger partial charge is 0.497 e. The second-order valence-corrected chi connectivity index (χ2v) is 4.48. The molecule has 0 atom stereocenters. The Hall–Kier alpha value is -2.82. The molecule has 0 radical (unpaired) electrons. The lowest BCUT2D eigenvalue weighted by molar-refractivity contribution is 0.415.